The minimum absolute atomic E-state index is 0.130. The molecule has 0 aliphatic carbocycles. The number of aromatic nitrogens is 1. The predicted octanol–water partition coefficient (Wildman–Crippen LogP) is 2.39. The first-order chi connectivity index (χ1) is 7.66. The van der Waals surface area contributed by atoms with E-state index in [4.69, 9.17) is 4.74 Å². The molecule has 0 spiro atoms. The van der Waals surface area contributed by atoms with E-state index in [1.54, 1.807) is 12.3 Å². The Morgan fingerprint density at radius 3 is 2.94 bits per heavy atom. The van der Waals surface area contributed by atoms with Crippen LogP contribution in [0.1, 0.15) is 18.9 Å². The van der Waals surface area contributed by atoms with Gasteiger partial charge in [0.05, 0.1) is 12.9 Å². The SMILES string of the molecule is CC1COC=C(c2ccc([N+](=O)[O-])nc2)C1. The van der Waals surface area contributed by atoms with Gasteiger partial charge in [0.1, 0.15) is 6.20 Å². The predicted molar refractivity (Wildman–Crippen MR) is 58.6 cm³/mol. The fraction of sp³-hybridized carbons (Fsp3) is 0.364. The maximum absolute atomic E-state index is 10.4. The molecule has 5 nitrogen and oxygen atoms in total. The van der Waals surface area contributed by atoms with Gasteiger partial charge >= 0.3 is 5.82 Å². The Morgan fingerprint density at radius 2 is 2.38 bits per heavy atom. The van der Waals surface area contributed by atoms with E-state index >= 15 is 0 Å². The zero-order valence-electron chi connectivity index (χ0n) is 8.92. The third-order valence-corrected chi connectivity index (χ3v) is 2.48. The number of allylic oxidation sites excluding steroid dienone is 1. The molecule has 1 atom stereocenters. The molecule has 2 heterocycles. The van der Waals surface area contributed by atoms with Gasteiger partial charge in [-0.2, -0.15) is 0 Å². The average Bonchev–Trinajstić information content (AvgIpc) is 2.29. The van der Waals surface area contributed by atoms with Crippen molar-refractivity contribution in [3.8, 4) is 0 Å². The molecule has 1 unspecified atom stereocenters. The van der Waals surface area contributed by atoms with Gasteiger partial charge in [-0.25, -0.2) is 0 Å². The maximum atomic E-state index is 10.4. The number of pyridine rings is 1. The number of hydrogen-bond donors (Lipinski definition) is 0. The number of ether oxygens (including phenoxy) is 1. The third-order valence-electron chi connectivity index (χ3n) is 2.48. The second-order valence-electron chi connectivity index (χ2n) is 3.95. The van der Waals surface area contributed by atoms with E-state index in [9.17, 15) is 10.1 Å². The second kappa shape index (κ2) is 4.30. The molecule has 1 aromatic heterocycles. The van der Waals surface area contributed by atoms with E-state index in [1.165, 1.54) is 12.3 Å². The third kappa shape index (κ3) is 2.18. The van der Waals surface area contributed by atoms with Crippen LogP contribution >= 0.6 is 0 Å². The Kier molecular flexibility index (Phi) is 2.85. The van der Waals surface area contributed by atoms with Gasteiger partial charge in [-0.15, -0.1) is 0 Å². The van der Waals surface area contributed by atoms with Crippen molar-refractivity contribution in [1.82, 2.24) is 4.98 Å². The molecular formula is C11H12N2O3. The number of nitrogens with zero attached hydrogens (tertiary/aromatic N) is 2. The van der Waals surface area contributed by atoms with Crippen LogP contribution in [0.15, 0.2) is 24.6 Å². The first kappa shape index (κ1) is 10.6. The van der Waals surface area contributed by atoms with Crippen LogP contribution in [-0.4, -0.2) is 16.5 Å². The highest BCUT2D eigenvalue weighted by Crippen LogP contribution is 2.26. The summed E-state index contributed by atoms with van der Waals surface area (Å²) in [7, 11) is 0. The Balaban J connectivity index is 2.21. The zero-order valence-corrected chi connectivity index (χ0v) is 8.92. The lowest BCUT2D eigenvalue weighted by atomic mass is 9.96. The smallest absolute Gasteiger partial charge is 0.363 e. The molecule has 0 amide bonds. The molecule has 0 aromatic carbocycles. The topological polar surface area (TPSA) is 65.3 Å². The van der Waals surface area contributed by atoms with Gasteiger partial charge in [0.2, 0.25) is 0 Å². The minimum Gasteiger partial charge on any atom is -0.501 e. The van der Waals surface area contributed by atoms with Crippen molar-refractivity contribution in [2.45, 2.75) is 13.3 Å². The van der Waals surface area contributed by atoms with Crippen molar-refractivity contribution in [2.75, 3.05) is 6.61 Å². The van der Waals surface area contributed by atoms with Crippen LogP contribution in [-0.2, 0) is 4.74 Å². The van der Waals surface area contributed by atoms with Gasteiger partial charge in [-0.3, -0.25) is 0 Å². The van der Waals surface area contributed by atoms with Gasteiger partial charge in [-0.05, 0) is 33.9 Å². The van der Waals surface area contributed by atoms with Gasteiger partial charge in [0, 0.05) is 11.6 Å². The van der Waals surface area contributed by atoms with Gasteiger partial charge < -0.3 is 14.9 Å². The summed E-state index contributed by atoms with van der Waals surface area (Å²) < 4.78 is 5.30. The first-order valence-electron chi connectivity index (χ1n) is 5.08. The van der Waals surface area contributed by atoms with Gasteiger partial charge in [0.25, 0.3) is 0 Å². The largest absolute Gasteiger partial charge is 0.501 e. The molecular weight excluding hydrogens is 208 g/mol. The molecule has 1 aromatic rings. The van der Waals surface area contributed by atoms with E-state index in [0.29, 0.717) is 5.92 Å². The van der Waals surface area contributed by atoms with Crippen molar-refractivity contribution in [1.29, 1.82) is 0 Å². The molecule has 0 N–H and O–H groups in total. The Morgan fingerprint density at radius 1 is 1.56 bits per heavy atom. The van der Waals surface area contributed by atoms with E-state index < -0.39 is 4.92 Å². The highest BCUT2D eigenvalue weighted by atomic mass is 16.6. The highest BCUT2D eigenvalue weighted by molar-refractivity contribution is 5.65. The number of nitro groups is 1. The quantitative estimate of drug-likeness (QED) is 0.567. The second-order valence-corrected chi connectivity index (χ2v) is 3.95. The fourth-order valence-corrected chi connectivity index (χ4v) is 1.67. The lowest BCUT2D eigenvalue weighted by molar-refractivity contribution is -0.389. The van der Waals surface area contributed by atoms with Crippen molar-refractivity contribution < 1.29 is 9.66 Å². The molecule has 0 radical (unpaired) electrons. The fourth-order valence-electron chi connectivity index (χ4n) is 1.67. The summed E-state index contributed by atoms with van der Waals surface area (Å²) >= 11 is 0. The van der Waals surface area contributed by atoms with Gasteiger partial charge in [-0.1, -0.05) is 6.92 Å². The molecule has 0 bridgehead atoms. The van der Waals surface area contributed by atoms with Gasteiger partial charge in [0.15, 0.2) is 0 Å². The summed E-state index contributed by atoms with van der Waals surface area (Å²) in [5, 5.41) is 10.4. The van der Waals surface area contributed by atoms with Crippen LogP contribution in [0.3, 0.4) is 0 Å². The van der Waals surface area contributed by atoms with Crippen molar-refractivity contribution >= 4 is 11.4 Å². The minimum atomic E-state index is -0.502. The Bertz CT molecular complexity index is 425. The number of rotatable bonds is 2. The molecule has 5 heteroatoms. The Labute approximate surface area is 92.9 Å². The monoisotopic (exact) mass is 220 g/mol. The average molecular weight is 220 g/mol. The molecule has 1 aliphatic heterocycles. The lowest BCUT2D eigenvalue weighted by Crippen LogP contribution is -2.09. The Hall–Kier alpha value is -1.91. The van der Waals surface area contributed by atoms with E-state index in [1.807, 2.05) is 0 Å². The van der Waals surface area contributed by atoms with Crippen molar-refractivity contribution in [2.24, 2.45) is 5.92 Å². The van der Waals surface area contributed by atoms with Crippen LogP contribution in [0.2, 0.25) is 0 Å². The van der Waals surface area contributed by atoms with Crippen LogP contribution in [0.4, 0.5) is 5.82 Å². The summed E-state index contributed by atoms with van der Waals surface area (Å²) in [6, 6.07) is 3.12. The highest BCUT2D eigenvalue weighted by Gasteiger charge is 2.16. The van der Waals surface area contributed by atoms with Crippen LogP contribution in [0, 0.1) is 16.0 Å². The number of hydrogen-bond acceptors (Lipinski definition) is 4. The molecule has 1 aliphatic rings. The van der Waals surface area contributed by atoms with Crippen LogP contribution in [0.25, 0.3) is 5.57 Å². The summed E-state index contributed by atoms with van der Waals surface area (Å²) in [5.41, 5.74) is 1.93. The van der Waals surface area contributed by atoms with Crippen LogP contribution < -0.4 is 0 Å². The summed E-state index contributed by atoms with van der Waals surface area (Å²) in [4.78, 5) is 13.7. The van der Waals surface area contributed by atoms with E-state index in [-0.39, 0.29) is 5.82 Å². The van der Waals surface area contributed by atoms with E-state index in [2.05, 4.69) is 11.9 Å². The summed E-state index contributed by atoms with van der Waals surface area (Å²) in [6.07, 6.45) is 4.15. The van der Waals surface area contributed by atoms with Crippen molar-refractivity contribution in [3.05, 3.63) is 40.3 Å². The van der Waals surface area contributed by atoms with Crippen molar-refractivity contribution in [3.63, 3.8) is 0 Å². The first-order valence-corrected chi connectivity index (χ1v) is 5.08. The molecule has 84 valence electrons. The molecule has 0 fully saturated rings. The van der Waals surface area contributed by atoms with Crippen LogP contribution in [0.5, 0.6) is 0 Å². The van der Waals surface area contributed by atoms with E-state index in [0.717, 1.165) is 24.2 Å². The molecule has 0 saturated carbocycles. The molecule has 0 saturated heterocycles. The molecule has 16 heavy (non-hydrogen) atoms. The maximum Gasteiger partial charge on any atom is 0.363 e. The lowest BCUT2D eigenvalue weighted by Gasteiger charge is -2.18. The zero-order chi connectivity index (χ0) is 11.5. The molecule has 2 rings (SSSR count). The standard InChI is InChI=1S/C11H12N2O3/c1-8-4-10(7-16-6-8)9-2-3-11(12-5-9)13(14)15/h2-3,5,7-8H,4,6H2,1H3. The summed E-state index contributed by atoms with van der Waals surface area (Å²) in [6.45, 7) is 2.83. The summed E-state index contributed by atoms with van der Waals surface area (Å²) in [5.74, 6) is 0.337. The normalized spacial score (nSPS) is 19.8.